The van der Waals surface area contributed by atoms with Gasteiger partial charge in [0.15, 0.2) is 0 Å². The van der Waals surface area contributed by atoms with Gasteiger partial charge in [0.05, 0.1) is 0 Å². The van der Waals surface area contributed by atoms with Crippen molar-refractivity contribution in [3.05, 3.63) is 196 Å². The molecule has 0 unspecified atom stereocenters. The van der Waals surface area contributed by atoms with Crippen molar-refractivity contribution in [2.24, 2.45) is 0 Å². The van der Waals surface area contributed by atoms with E-state index in [0.29, 0.717) is 16.2 Å². The molecular formula is C63H69N. The van der Waals surface area contributed by atoms with E-state index in [1.165, 1.54) is 146 Å². The highest BCUT2D eigenvalue weighted by molar-refractivity contribution is 5.80. The smallest absolute Gasteiger partial charge is 0.0462 e. The lowest BCUT2D eigenvalue weighted by atomic mass is 9.71. The van der Waals surface area contributed by atoms with Crippen molar-refractivity contribution in [2.75, 3.05) is 4.90 Å². The summed E-state index contributed by atoms with van der Waals surface area (Å²) in [5.74, 6) is 0. The van der Waals surface area contributed by atoms with Crippen LogP contribution in [0.5, 0.6) is 0 Å². The molecular weight excluding hydrogens is 771 g/mol. The molecule has 0 radical (unpaired) electrons. The van der Waals surface area contributed by atoms with E-state index in [-0.39, 0.29) is 0 Å². The van der Waals surface area contributed by atoms with Crippen LogP contribution >= 0.6 is 0 Å². The Morgan fingerprint density at radius 3 is 0.656 bits per heavy atom. The van der Waals surface area contributed by atoms with Gasteiger partial charge < -0.3 is 4.90 Å². The summed E-state index contributed by atoms with van der Waals surface area (Å²) in [5, 5.41) is 0. The molecule has 6 aromatic rings. The average Bonchev–Trinajstić information content (AvgIpc) is 3.34. The van der Waals surface area contributed by atoms with Crippen LogP contribution < -0.4 is 4.90 Å². The summed E-state index contributed by atoms with van der Waals surface area (Å²) in [6.07, 6.45) is 33.5. The second kappa shape index (κ2) is 19.6. The highest BCUT2D eigenvalue weighted by atomic mass is 15.1. The first-order valence-corrected chi connectivity index (χ1v) is 24.7. The van der Waals surface area contributed by atoms with Crippen molar-refractivity contribution in [3.63, 3.8) is 0 Å². The highest BCUT2D eigenvalue weighted by Gasteiger charge is 2.30. The second-order valence-electron chi connectivity index (χ2n) is 20.3. The van der Waals surface area contributed by atoms with E-state index in [2.05, 4.69) is 208 Å². The van der Waals surface area contributed by atoms with Gasteiger partial charge in [0.1, 0.15) is 0 Å². The molecule has 0 spiro atoms. The Labute approximate surface area is 385 Å². The van der Waals surface area contributed by atoms with Crippen molar-refractivity contribution in [2.45, 2.75) is 133 Å². The fourth-order valence-electron chi connectivity index (χ4n) is 11.1. The van der Waals surface area contributed by atoms with Crippen LogP contribution in [0.1, 0.15) is 167 Å². The fourth-order valence-corrected chi connectivity index (χ4v) is 11.1. The van der Waals surface area contributed by atoms with Gasteiger partial charge in [-0.1, -0.05) is 224 Å². The average molecular weight is 840 g/mol. The largest absolute Gasteiger partial charge is 0.311 e. The number of hydrogen-bond donors (Lipinski definition) is 0. The van der Waals surface area contributed by atoms with E-state index in [0.717, 1.165) is 17.1 Å². The maximum absolute atomic E-state index is 2.45. The van der Waals surface area contributed by atoms with E-state index in [1.807, 2.05) is 0 Å². The second-order valence-corrected chi connectivity index (χ2v) is 20.3. The molecule has 3 saturated carbocycles. The van der Waals surface area contributed by atoms with Crippen molar-refractivity contribution < 1.29 is 0 Å². The van der Waals surface area contributed by atoms with Gasteiger partial charge in [0.25, 0.3) is 0 Å². The molecule has 0 atom stereocenters. The van der Waals surface area contributed by atoms with Gasteiger partial charge in [-0.2, -0.15) is 0 Å². The Balaban J connectivity index is 0.925. The Morgan fingerprint density at radius 2 is 0.453 bits per heavy atom. The Morgan fingerprint density at radius 1 is 0.266 bits per heavy atom. The minimum absolute atomic E-state index is 0.329. The van der Waals surface area contributed by atoms with Crippen LogP contribution in [0.25, 0.3) is 36.5 Å². The zero-order valence-electron chi connectivity index (χ0n) is 38.9. The van der Waals surface area contributed by atoms with E-state index in [1.54, 1.807) is 0 Å². The molecule has 9 rings (SSSR count). The SMILES string of the molecule is CC1(c2ccc(C=Cc3ccc(N(c4ccc(C=Cc5ccc(C6(C)CCCCC6)cc5)cc4)c4ccc(C=Cc5ccc(C6(C)CCCCC6)cc5)cc4)cc3)cc2)CCCCC1. The number of anilines is 3. The predicted octanol–water partition coefficient (Wildman–Crippen LogP) is 18.3. The zero-order valence-corrected chi connectivity index (χ0v) is 38.9. The Kier molecular flexibility index (Phi) is 13.4. The number of nitrogens with zero attached hydrogens (tertiary/aromatic N) is 1. The first-order valence-electron chi connectivity index (χ1n) is 24.7. The van der Waals surface area contributed by atoms with Crippen LogP contribution in [0, 0.1) is 0 Å². The summed E-state index contributed by atoms with van der Waals surface area (Å²) < 4.78 is 0. The van der Waals surface area contributed by atoms with Gasteiger partial charge in [0, 0.05) is 17.1 Å². The minimum atomic E-state index is 0.329. The molecule has 0 amide bonds. The summed E-state index contributed by atoms with van der Waals surface area (Å²) in [7, 11) is 0. The van der Waals surface area contributed by atoms with Crippen LogP contribution in [0.4, 0.5) is 17.1 Å². The molecule has 1 nitrogen and oxygen atoms in total. The number of rotatable bonds is 12. The van der Waals surface area contributed by atoms with E-state index < -0.39 is 0 Å². The third-order valence-corrected chi connectivity index (χ3v) is 15.6. The molecule has 0 N–H and O–H groups in total. The predicted molar refractivity (Wildman–Crippen MR) is 279 cm³/mol. The van der Waals surface area contributed by atoms with E-state index in [4.69, 9.17) is 0 Å². The standard InChI is InChI=1S/C63H69N/c1-61(43-7-4-8-44-61)55-31-19-49(20-32-55)13-16-52-25-37-58(38-26-52)64(59-39-27-53(28-40-59)17-14-50-21-33-56(34-22-50)62(2)45-9-5-10-46-62)60-41-29-54(30-42-60)18-15-51-23-35-57(36-24-51)63(3)47-11-6-12-48-63/h13-42H,4-12,43-48H2,1-3H3. The van der Waals surface area contributed by atoms with Gasteiger partial charge in [-0.15, -0.1) is 0 Å². The minimum Gasteiger partial charge on any atom is -0.311 e. The normalized spacial score (nSPS) is 18.4. The summed E-state index contributed by atoms with van der Waals surface area (Å²) in [4.78, 5) is 2.37. The van der Waals surface area contributed by atoms with Crippen molar-refractivity contribution in [3.8, 4) is 0 Å². The summed E-state index contributed by atoms with van der Waals surface area (Å²) >= 11 is 0. The molecule has 3 aliphatic carbocycles. The lowest BCUT2D eigenvalue weighted by molar-refractivity contribution is 0.319. The van der Waals surface area contributed by atoms with Crippen LogP contribution in [0.15, 0.2) is 146 Å². The zero-order chi connectivity index (χ0) is 43.8. The Hall–Kier alpha value is -5.66. The van der Waals surface area contributed by atoms with Crippen LogP contribution in [-0.2, 0) is 16.2 Å². The van der Waals surface area contributed by atoms with Crippen molar-refractivity contribution in [1.29, 1.82) is 0 Å². The first kappa shape index (κ1) is 43.6. The van der Waals surface area contributed by atoms with E-state index >= 15 is 0 Å². The monoisotopic (exact) mass is 840 g/mol. The summed E-state index contributed by atoms with van der Waals surface area (Å²) in [6.45, 7) is 7.36. The van der Waals surface area contributed by atoms with Gasteiger partial charge in [-0.05, 0) is 141 Å². The van der Waals surface area contributed by atoms with Crippen LogP contribution in [0.2, 0.25) is 0 Å². The maximum Gasteiger partial charge on any atom is 0.0462 e. The fraction of sp³-hybridized carbons (Fsp3) is 0.333. The molecule has 0 heterocycles. The van der Waals surface area contributed by atoms with E-state index in [9.17, 15) is 0 Å². The lowest BCUT2D eigenvalue weighted by Crippen LogP contribution is -2.24. The molecule has 326 valence electrons. The third-order valence-electron chi connectivity index (χ3n) is 15.6. The first-order chi connectivity index (χ1) is 31.2. The molecule has 3 aliphatic rings. The van der Waals surface area contributed by atoms with Gasteiger partial charge in [0.2, 0.25) is 0 Å². The highest BCUT2D eigenvalue weighted by Crippen LogP contribution is 2.42. The molecule has 0 aliphatic heterocycles. The molecule has 0 aromatic heterocycles. The van der Waals surface area contributed by atoms with Crippen molar-refractivity contribution in [1.82, 2.24) is 0 Å². The van der Waals surface area contributed by atoms with Crippen molar-refractivity contribution >= 4 is 53.5 Å². The molecule has 64 heavy (non-hydrogen) atoms. The molecule has 0 saturated heterocycles. The van der Waals surface area contributed by atoms with Gasteiger partial charge >= 0.3 is 0 Å². The maximum atomic E-state index is 2.45. The molecule has 3 fully saturated rings. The van der Waals surface area contributed by atoms with Gasteiger partial charge in [-0.25, -0.2) is 0 Å². The number of hydrogen-bond acceptors (Lipinski definition) is 1. The van der Waals surface area contributed by atoms with Gasteiger partial charge in [-0.3, -0.25) is 0 Å². The molecule has 0 bridgehead atoms. The lowest BCUT2D eigenvalue weighted by Gasteiger charge is -2.34. The Bertz CT molecular complexity index is 2210. The quantitative estimate of drug-likeness (QED) is 0.111. The topological polar surface area (TPSA) is 3.24 Å². The summed E-state index contributed by atoms with van der Waals surface area (Å²) in [5.41, 5.74) is 16.2. The van der Waals surface area contributed by atoms with Crippen LogP contribution in [0.3, 0.4) is 0 Å². The molecule has 1 heteroatoms. The third kappa shape index (κ3) is 10.3. The molecule has 6 aromatic carbocycles. The number of benzene rings is 6. The van der Waals surface area contributed by atoms with Crippen LogP contribution in [-0.4, -0.2) is 0 Å². The summed E-state index contributed by atoms with van der Waals surface area (Å²) in [6, 6.07) is 54.9.